The number of amides is 4. The summed E-state index contributed by atoms with van der Waals surface area (Å²) in [4.78, 5) is 40.6. The van der Waals surface area contributed by atoms with Crippen LogP contribution in [0.25, 0.3) is 0 Å². The second-order valence-corrected chi connectivity index (χ2v) is 6.46. The zero-order chi connectivity index (χ0) is 16.8. The van der Waals surface area contributed by atoms with Crippen molar-refractivity contribution in [3.05, 3.63) is 29.3 Å². The molecule has 122 valence electrons. The van der Waals surface area contributed by atoms with Crippen LogP contribution in [0.1, 0.15) is 24.5 Å². The number of imide groups is 2. The number of urea groups is 1. The molecule has 0 radical (unpaired) electrons. The van der Waals surface area contributed by atoms with Gasteiger partial charge in [-0.15, -0.1) is 0 Å². The fourth-order valence-electron chi connectivity index (χ4n) is 3.55. The number of aryl methyl sites for hydroxylation is 1. The first-order chi connectivity index (χ1) is 10.9. The average molecular weight is 315 g/mol. The number of carbonyl (C=O) groups excluding carboxylic acids is 3. The largest absolute Gasteiger partial charge is 0.373 e. The molecule has 2 heterocycles. The Labute approximate surface area is 135 Å². The normalized spacial score (nSPS) is 24.0. The van der Waals surface area contributed by atoms with Crippen molar-refractivity contribution in [3.63, 3.8) is 0 Å². The van der Waals surface area contributed by atoms with E-state index in [2.05, 4.69) is 5.32 Å². The Bertz CT molecular complexity index is 700. The maximum atomic E-state index is 13.0. The molecule has 23 heavy (non-hydrogen) atoms. The summed E-state index contributed by atoms with van der Waals surface area (Å²) in [7, 11) is 1.87. The van der Waals surface area contributed by atoms with Crippen LogP contribution in [-0.2, 0) is 16.0 Å². The minimum absolute atomic E-state index is 0.279. The Morgan fingerprint density at radius 1 is 1.26 bits per heavy atom. The van der Waals surface area contributed by atoms with Crippen LogP contribution in [0.3, 0.4) is 0 Å². The summed E-state index contributed by atoms with van der Waals surface area (Å²) in [6.07, 6.45) is 0.988. The number of hydrogen-bond acceptors (Lipinski definition) is 4. The molecule has 0 aromatic heterocycles. The smallest absolute Gasteiger partial charge is 0.330 e. The number of carbonyl (C=O) groups is 3. The van der Waals surface area contributed by atoms with Gasteiger partial charge in [-0.1, -0.05) is 24.6 Å². The van der Waals surface area contributed by atoms with E-state index in [0.717, 1.165) is 16.8 Å². The van der Waals surface area contributed by atoms with Gasteiger partial charge in [-0.2, -0.15) is 0 Å². The van der Waals surface area contributed by atoms with Gasteiger partial charge in [0.25, 0.3) is 0 Å². The van der Waals surface area contributed by atoms with Gasteiger partial charge in [-0.25, -0.2) is 4.79 Å². The van der Waals surface area contributed by atoms with Crippen molar-refractivity contribution in [2.24, 2.45) is 5.41 Å². The van der Waals surface area contributed by atoms with E-state index in [4.69, 9.17) is 0 Å². The molecular formula is C17H21N3O3. The maximum Gasteiger partial charge on any atom is 0.330 e. The summed E-state index contributed by atoms with van der Waals surface area (Å²) in [6, 6.07) is 5.43. The zero-order valence-corrected chi connectivity index (χ0v) is 13.7. The molecule has 0 aliphatic carbocycles. The van der Waals surface area contributed by atoms with E-state index in [-0.39, 0.29) is 12.5 Å². The lowest BCUT2D eigenvalue weighted by Gasteiger charge is -2.45. The first kappa shape index (κ1) is 15.5. The Morgan fingerprint density at radius 2 is 2.00 bits per heavy atom. The number of hydrogen-bond donors (Lipinski definition) is 1. The van der Waals surface area contributed by atoms with Crippen LogP contribution in [0.2, 0.25) is 0 Å². The van der Waals surface area contributed by atoms with E-state index in [1.54, 1.807) is 0 Å². The molecule has 4 amide bonds. The van der Waals surface area contributed by atoms with Crippen molar-refractivity contribution in [1.29, 1.82) is 0 Å². The third-order valence-corrected chi connectivity index (χ3v) is 4.65. The monoisotopic (exact) mass is 315 g/mol. The third kappa shape index (κ3) is 2.29. The van der Waals surface area contributed by atoms with Crippen LogP contribution in [0, 0.1) is 12.3 Å². The van der Waals surface area contributed by atoms with Gasteiger partial charge in [0.05, 0.1) is 0 Å². The van der Waals surface area contributed by atoms with E-state index < -0.39 is 17.4 Å². The average Bonchev–Trinajstić information content (AvgIpc) is 2.49. The summed E-state index contributed by atoms with van der Waals surface area (Å²) in [5.74, 6) is -0.869. The summed E-state index contributed by atoms with van der Waals surface area (Å²) in [6.45, 7) is 4.48. The van der Waals surface area contributed by atoms with Crippen molar-refractivity contribution in [1.82, 2.24) is 10.2 Å². The van der Waals surface area contributed by atoms with E-state index in [1.165, 1.54) is 4.90 Å². The lowest BCUT2D eigenvalue weighted by atomic mass is 9.74. The van der Waals surface area contributed by atoms with Crippen molar-refractivity contribution in [2.45, 2.75) is 26.7 Å². The number of benzene rings is 1. The van der Waals surface area contributed by atoms with Crippen LogP contribution in [0.15, 0.2) is 18.2 Å². The molecule has 1 N–H and O–H groups in total. The number of nitrogens with zero attached hydrogens (tertiary/aromatic N) is 2. The molecular weight excluding hydrogens is 294 g/mol. The molecule has 1 atom stereocenters. The molecule has 2 aliphatic rings. The maximum absolute atomic E-state index is 13.0. The highest BCUT2D eigenvalue weighted by Crippen LogP contribution is 2.39. The van der Waals surface area contributed by atoms with Gasteiger partial charge in [-0.05, 0) is 31.4 Å². The fraction of sp³-hybridized carbons (Fsp3) is 0.471. The van der Waals surface area contributed by atoms with E-state index in [1.807, 2.05) is 44.0 Å². The van der Waals surface area contributed by atoms with Crippen LogP contribution in [-0.4, -0.2) is 42.9 Å². The fourth-order valence-corrected chi connectivity index (χ4v) is 3.55. The second-order valence-electron chi connectivity index (χ2n) is 6.46. The molecule has 1 fully saturated rings. The number of fused-ring (bicyclic) bond motifs is 1. The van der Waals surface area contributed by atoms with Gasteiger partial charge in [0.15, 0.2) is 0 Å². The molecule has 1 spiro atoms. The topological polar surface area (TPSA) is 69.7 Å². The van der Waals surface area contributed by atoms with Crippen LogP contribution in [0.5, 0.6) is 0 Å². The molecule has 1 saturated heterocycles. The van der Waals surface area contributed by atoms with Crippen molar-refractivity contribution < 1.29 is 14.4 Å². The standard InChI is InChI=1S/C17H21N3O3/c1-4-7-20-15(22)17(14(21)18-16(20)23)9-12-8-11(2)5-6-13(12)19(3)10-17/h5-6,8H,4,7,9-10H2,1-3H3,(H,18,21,23). The molecule has 3 rings (SSSR count). The lowest BCUT2D eigenvalue weighted by Crippen LogP contribution is -2.68. The summed E-state index contributed by atoms with van der Waals surface area (Å²) in [5, 5.41) is 2.37. The Balaban J connectivity index is 2.05. The van der Waals surface area contributed by atoms with E-state index in [9.17, 15) is 14.4 Å². The Morgan fingerprint density at radius 3 is 2.70 bits per heavy atom. The van der Waals surface area contributed by atoms with Gasteiger partial charge in [-0.3, -0.25) is 19.8 Å². The minimum atomic E-state index is -1.22. The van der Waals surface area contributed by atoms with E-state index in [0.29, 0.717) is 19.4 Å². The molecule has 1 aromatic rings. The zero-order valence-electron chi connectivity index (χ0n) is 13.7. The van der Waals surface area contributed by atoms with Gasteiger partial charge in [0.2, 0.25) is 11.8 Å². The molecule has 2 aliphatic heterocycles. The van der Waals surface area contributed by atoms with Crippen molar-refractivity contribution in [3.8, 4) is 0 Å². The molecule has 0 saturated carbocycles. The minimum Gasteiger partial charge on any atom is -0.373 e. The molecule has 6 nitrogen and oxygen atoms in total. The number of rotatable bonds is 2. The summed E-state index contributed by atoms with van der Waals surface area (Å²) in [5.41, 5.74) is 1.85. The van der Waals surface area contributed by atoms with Gasteiger partial charge in [0, 0.05) is 25.8 Å². The lowest BCUT2D eigenvalue weighted by molar-refractivity contribution is -0.151. The van der Waals surface area contributed by atoms with E-state index >= 15 is 0 Å². The second kappa shape index (κ2) is 5.37. The quantitative estimate of drug-likeness (QED) is 0.839. The number of nitrogens with one attached hydrogen (secondary N) is 1. The molecule has 1 aromatic carbocycles. The molecule has 0 bridgehead atoms. The summed E-state index contributed by atoms with van der Waals surface area (Å²) >= 11 is 0. The Hall–Kier alpha value is -2.37. The van der Waals surface area contributed by atoms with Gasteiger partial charge in [0.1, 0.15) is 5.41 Å². The van der Waals surface area contributed by atoms with Crippen LogP contribution < -0.4 is 10.2 Å². The Kier molecular flexibility index (Phi) is 3.62. The van der Waals surface area contributed by atoms with Crippen LogP contribution in [0.4, 0.5) is 10.5 Å². The van der Waals surface area contributed by atoms with Crippen molar-refractivity contribution >= 4 is 23.5 Å². The highest BCUT2D eigenvalue weighted by molar-refractivity contribution is 6.20. The predicted molar refractivity (Wildman–Crippen MR) is 86.1 cm³/mol. The first-order valence-corrected chi connectivity index (χ1v) is 7.87. The first-order valence-electron chi connectivity index (χ1n) is 7.87. The number of barbiturate groups is 1. The summed E-state index contributed by atoms with van der Waals surface area (Å²) < 4.78 is 0. The molecule has 1 unspecified atom stereocenters. The van der Waals surface area contributed by atoms with Crippen molar-refractivity contribution in [2.75, 3.05) is 25.0 Å². The highest BCUT2D eigenvalue weighted by atomic mass is 16.2. The predicted octanol–water partition coefficient (Wildman–Crippen LogP) is 1.46. The third-order valence-electron chi connectivity index (χ3n) is 4.65. The SMILES string of the molecule is CCCN1C(=O)NC(=O)C2(Cc3cc(C)ccc3N(C)C2)C1=O. The van der Waals surface area contributed by atoms with Crippen LogP contribution >= 0.6 is 0 Å². The highest BCUT2D eigenvalue weighted by Gasteiger charge is 2.56. The molecule has 6 heteroatoms. The number of anilines is 1. The van der Waals surface area contributed by atoms with Gasteiger partial charge < -0.3 is 4.90 Å². The van der Waals surface area contributed by atoms with Gasteiger partial charge >= 0.3 is 6.03 Å².